The number of ether oxygens (including phenoxy) is 1. The smallest absolute Gasteiger partial charge is 0.318 e. The molecule has 19 heavy (non-hydrogen) atoms. The number of fused-ring (bicyclic) bond motifs is 1. The Labute approximate surface area is 111 Å². The average Bonchev–Trinajstić information content (AvgIpc) is 2.47. The van der Waals surface area contributed by atoms with Crippen LogP contribution >= 0.6 is 0 Å². The number of rotatable bonds is 2. The third-order valence-electron chi connectivity index (χ3n) is 3.71. The van der Waals surface area contributed by atoms with Crippen LogP contribution in [0.3, 0.4) is 0 Å². The summed E-state index contributed by atoms with van der Waals surface area (Å²) in [6.45, 7) is 0.415. The van der Waals surface area contributed by atoms with Crippen molar-refractivity contribution in [3.05, 3.63) is 65.7 Å². The van der Waals surface area contributed by atoms with Crippen LogP contribution in [-0.4, -0.2) is 17.7 Å². The molecule has 2 aromatic rings. The molecule has 2 aromatic carbocycles. The molecule has 0 amide bonds. The van der Waals surface area contributed by atoms with Crippen LogP contribution in [0.1, 0.15) is 17.5 Å². The Bertz CT molecular complexity index is 606. The number of carboxylic acids is 1. The molecule has 96 valence electrons. The van der Waals surface area contributed by atoms with E-state index < -0.39 is 11.4 Å². The molecule has 0 bridgehead atoms. The Balaban J connectivity index is 2.27. The molecule has 0 saturated carbocycles. The van der Waals surface area contributed by atoms with E-state index in [1.54, 1.807) is 0 Å². The molecule has 1 unspecified atom stereocenters. The van der Waals surface area contributed by atoms with Crippen LogP contribution in [0.5, 0.6) is 5.75 Å². The number of hydrogen-bond acceptors (Lipinski definition) is 2. The van der Waals surface area contributed by atoms with E-state index >= 15 is 0 Å². The van der Waals surface area contributed by atoms with E-state index in [-0.39, 0.29) is 0 Å². The van der Waals surface area contributed by atoms with Crippen molar-refractivity contribution in [2.24, 2.45) is 0 Å². The predicted molar refractivity (Wildman–Crippen MR) is 71.4 cm³/mol. The zero-order valence-corrected chi connectivity index (χ0v) is 10.4. The Hall–Kier alpha value is -2.29. The van der Waals surface area contributed by atoms with Crippen molar-refractivity contribution in [1.82, 2.24) is 0 Å². The highest BCUT2D eigenvalue weighted by Crippen LogP contribution is 2.43. The van der Waals surface area contributed by atoms with E-state index in [2.05, 4.69) is 0 Å². The highest BCUT2D eigenvalue weighted by molar-refractivity contribution is 5.87. The van der Waals surface area contributed by atoms with Crippen molar-refractivity contribution in [3.8, 4) is 5.75 Å². The van der Waals surface area contributed by atoms with Gasteiger partial charge in [0, 0.05) is 12.0 Å². The number of hydrogen-bond donors (Lipinski definition) is 1. The second kappa shape index (κ2) is 4.43. The average molecular weight is 254 g/mol. The minimum atomic E-state index is -1.00. The van der Waals surface area contributed by atoms with Gasteiger partial charge >= 0.3 is 5.97 Å². The van der Waals surface area contributed by atoms with Gasteiger partial charge in [0.2, 0.25) is 0 Å². The number of carboxylic acid groups (broad SMARTS) is 1. The normalized spacial score (nSPS) is 21.3. The minimum Gasteiger partial charge on any atom is -0.493 e. The summed E-state index contributed by atoms with van der Waals surface area (Å²) in [5.74, 6) is -0.158. The summed E-state index contributed by atoms with van der Waals surface area (Å²) in [5, 5.41) is 9.83. The Morgan fingerprint density at radius 2 is 1.74 bits per heavy atom. The molecule has 3 heteroatoms. The van der Waals surface area contributed by atoms with Crippen molar-refractivity contribution < 1.29 is 14.6 Å². The van der Waals surface area contributed by atoms with Crippen LogP contribution < -0.4 is 4.74 Å². The maximum absolute atomic E-state index is 12.0. The lowest BCUT2D eigenvalue weighted by Crippen LogP contribution is -2.41. The van der Waals surface area contributed by atoms with Crippen molar-refractivity contribution in [1.29, 1.82) is 0 Å². The van der Waals surface area contributed by atoms with E-state index in [1.807, 2.05) is 54.6 Å². The summed E-state index contributed by atoms with van der Waals surface area (Å²) in [4.78, 5) is 12.0. The predicted octanol–water partition coefficient (Wildman–Crippen LogP) is 2.84. The summed E-state index contributed by atoms with van der Waals surface area (Å²) in [6, 6.07) is 16.8. The second-order valence-corrected chi connectivity index (χ2v) is 4.67. The molecule has 1 heterocycles. The number of carbonyl (C=O) groups is 1. The summed E-state index contributed by atoms with van der Waals surface area (Å²) < 4.78 is 5.59. The zero-order valence-electron chi connectivity index (χ0n) is 10.4. The third-order valence-corrected chi connectivity index (χ3v) is 3.71. The van der Waals surface area contributed by atoms with Gasteiger partial charge in [-0.2, -0.15) is 0 Å². The van der Waals surface area contributed by atoms with Gasteiger partial charge in [-0.1, -0.05) is 48.5 Å². The lowest BCUT2D eigenvalue weighted by molar-refractivity contribution is -0.143. The fourth-order valence-electron chi connectivity index (χ4n) is 2.76. The first-order valence-electron chi connectivity index (χ1n) is 6.26. The topological polar surface area (TPSA) is 46.5 Å². The molecule has 1 aliphatic heterocycles. The number of aliphatic carboxylic acids is 1. The molecular formula is C16H14O3. The Morgan fingerprint density at radius 1 is 1.05 bits per heavy atom. The molecule has 0 aliphatic carbocycles. The van der Waals surface area contributed by atoms with E-state index in [9.17, 15) is 9.90 Å². The first-order chi connectivity index (χ1) is 9.25. The lowest BCUT2D eigenvalue weighted by atomic mass is 9.71. The van der Waals surface area contributed by atoms with Gasteiger partial charge < -0.3 is 9.84 Å². The zero-order chi connectivity index (χ0) is 13.3. The first kappa shape index (κ1) is 11.8. The monoisotopic (exact) mass is 254 g/mol. The molecule has 0 radical (unpaired) electrons. The standard InChI is InChI=1S/C16H14O3/c17-15(18)16(12-6-2-1-3-7-12)10-11-19-14-9-5-4-8-13(14)16/h1-9H,10-11H2,(H,17,18). The van der Waals surface area contributed by atoms with Crippen LogP contribution in [0.2, 0.25) is 0 Å². The molecule has 0 fully saturated rings. The summed E-state index contributed by atoms with van der Waals surface area (Å²) in [7, 11) is 0. The van der Waals surface area contributed by atoms with Crippen molar-refractivity contribution in [3.63, 3.8) is 0 Å². The van der Waals surface area contributed by atoms with Crippen molar-refractivity contribution in [2.75, 3.05) is 6.61 Å². The molecule has 3 rings (SSSR count). The fraction of sp³-hybridized carbons (Fsp3) is 0.188. The lowest BCUT2D eigenvalue weighted by Gasteiger charge is -2.35. The van der Waals surface area contributed by atoms with E-state index in [0.717, 1.165) is 11.1 Å². The van der Waals surface area contributed by atoms with Crippen molar-refractivity contribution >= 4 is 5.97 Å². The van der Waals surface area contributed by atoms with Crippen LogP contribution in [0, 0.1) is 0 Å². The molecule has 1 N–H and O–H groups in total. The van der Waals surface area contributed by atoms with Gasteiger partial charge in [-0.05, 0) is 11.6 Å². The summed E-state index contributed by atoms with van der Waals surface area (Å²) >= 11 is 0. The molecule has 0 saturated heterocycles. The summed E-state index contributed by atoms with van der Waals surface area (Å²) in [6.07, 6.45) is 0.448. The third kappa shape index (κ3) is 1.70. The van der Waals surface area contributed by atoms with E-state index in [0.29, 0.717) is 18.8 Å². The SMILES string of the molecule is O=C(O)C1(c2ccccc2)CCOc2ccccc21. The largest absolute Gasteiger partial charge is 0.493 e. The van der Waals surface area contributed by atoms with Gasteiger partial charge in [-0.3, -0.25) is 4.79 Å². The van der Waals surface area contributed by atoms with Gasteiger partial charge in [0.25, 0.3) is 0 Å². The van der Waals surface area contributed by atoms with Crippen LogP contribution in [0.25, 0.3) is 0 Å². The van der Waals surface area contributed by atoms with Crippen LogP contribution in [-0.2, 0) is 10.2 Å². The molecule has 0 spiro atoms. The van der Waals surface area contributed by atoms with Gasteiger partial charge in [0.15, 0.2) is 0 Å². The van der Waals surface area contributed by atoms with E-state index in [1.165, 1.54) is 0 Å². The quantitative estimate of drug-likeness (QED) is 0.896. The van der Waals surface area contributed by atoms with Crippen molar-refractivity contribution in [2.45, 2.75) is 11.8 Å². The fourth-order valence-corrected chi connectivity index (χ4v) is 2.76. The molecular weight excluding hydrogens is 240 g/mol. The highest BCUT2D eigenvalue weighted by atomic mass is 16.5. The molecule has 3 nitrogen and oxygen atoms in total. The Morgan fingerprint density at radius 3 is 2.47 bits per heavy atom. The maximum atomic E-state index is 12.0. The number of para-hydroxylation sites is 1. The number of benzene rings is 2. The van der Waals surface area contributed by atoms with Crippen LogP contribution in [0.15, 0.2) is 54.6 Å². The first-order valence-corrected chi connectivity index (χ1v) is 6.26. The Kier molecular flexibility index (Phi) is 2.75. The van der Waals surface area contributed by atoms with Crippen LogP contribution in [0.4, 0.5) is 0 Å². The minimum absolute atomic E-state index is 0.415. The van der Waals surface area contributed by atoms with Gasteiger partial charge in [-0.25, -0.2) is 0 Å². The highest BCUT2D eigenvalue weighted by Gasteiger charge is 2.46. The maximum Gasteiger partial charge on any atom is 0.318 e. The van der Waals surface area contributed by atoms with Gasteiger partial charge in [0.05, 0.1) is 6.61 Å². The molecule has 0 aromatic heterocycles. The van der Waals surface area contributed by atoms with Gasteiger partial charge in [-0.15, -0.1) is 0 Å². The van der Waals surface area contributed by atoms with E-state index in [4.69, 9.17) is 4.74 Å². The molecule has 1 aliphatic rings. The second-order valence-electron chi connectivity index (χ2n) is 4.67. The molecule has 1 atom stereocenters. The summed E-state index contributed by atoms with van der Waals surface area (Å²) in [5.41, 5.74) is 0.536. The van der Waals surface area contributed by atoms with Gasteiger partial charge in [0.1, 0.15) is 11.2 Å².